The molecule has 1 unspecified atom stereocenters. The van der Waals surface area contributed by atoms with Crippen molar-refractivity contribution in [2.24, 2.45) is 0 Å². The Morgan fingerprint density at radius 1 is 1.11 bits per heavy atom. The third kappa shape index (κ3) is 2.81. The predicted molar refractivity (Wildman–Crippen MR) is 71.3 cm³/mol. The molecular formula is C14H13ClFNO. The number of para-hydroxylation sites is 1. The number of aliphatic hydroxyl groups is 1. The van der Waals surface area contributed by atoms with Gasteiger partial charge in [0.25, 0.3) is 0 Å². The Morgan fingerprint density at radius 3 is 2.44 bits per heavy atom. The highest BCUT2D eigenvalue weighted by atomic mass is 35.5. The smallest absolute Gasteiger partial charge is 0.130 e. The summed E-state index contributed by atoms with van der Waals surface area (Å²) in [7, 11) is 0. The van der Waals surface area contributed by atoms with Crippen molar-refractivity contribution in [2.45, 2.75) is 6.04 Å². The van der Waals surface area contributed by atoms with Crippen LogP contribution in [-0.2, 0) is 0 Å². The van der Waals surface area contributed by atoms with Crippen molar-refractivity contribution < 1.29 is 9.50 Å². The second-order valence-corrected chi connectivity index (χ2v) is 4.29. The van der Waals surface area contributed by atoms with Gasteiger partial charge in [0.05, 0.1) is 12.6 Å². The van der Waals surface area contributed by atoms with Crippen LogP contribution in [0.3, 0.4) is 0 Å². The van der Waals surface area contributed by atoms with Crippen LogP contribution in [0.4, 0.5) is 10.1 Å². The standard InChI is InChI=1S/C14H13ClFNO/c15-11-7-4-8-12(16)14(11)13(9-18)17-10-5-2-1-3-6-10/h1-8,13,17-18H,9H2. The van der Waals surface area contributed by atoms with E-state index in [2.05, 4.69) is 5.32 Å². The van der Waals surface area contributed by atoms with Gasteiger partial charge in [-0.15, -0.1) is 0 Å². The number of rotatable bonds is 4. The Balaban J connectivity index is 2.29. The summed E-state index contributed by atoms with van der Waals surface area (Å²) in [6.45, 7) is -0.241. The Bertz CT molecular complexity index is 498. The van der Waals surface area contributed by atoms with Gasteiger partial charge in [-0.1, -0.05) is 35.9 Å². The lowest BCUT2D eigenvalue weighted by atomic mass is 10.1. The largest absolute Gasteiger partial charge is 0.394 e. The molecule has 0 bridgehead atoms. The van der Waals surface area contributed by atoms with E-state index in [-0.39, 0.29) is 12.2 Å². The summed E-state index contributed by atoms with van der Waals surface area (Å²) in [5.74, 6) is -0.426. The fraction of sp³-hybridized carbons (Fsp3) is 0.143. The molecule has 2 N–H and O–H groups in total. The number of hydrogen-bond donors (Lipinski definition) is 2. The van der Waals surface area contributed by atoms with E-state index < -0.39 is 11.9 Å². The number of nitrogens with one attached hydrogen (secondary N) is 1. The molecule has 0 aliphatic rings. The molecule has 2 aromatic rings. The summed E-state index contributed by atoms with van der Waals surface area (Å²) in [5.41, 5.74) is 1.08. The van der Waals surface area contributed by atoms with E-state index in [0.29, 0.717) is 5.02 Å². The SMILES string of the molecule is OCC(Nc1ccccc1)c1c(F)cccc1Cl. The number of aliphatic hydroxyl groups excluding tert-OH is 1. The monoisotopic (exact) mass is 265 g/mol. The maximum Gasteiger partial charge on any atom is 0.130 e. The first-order valence-electron chi connectivity index (χ1n) is 5.58. The maximum absolute atomic E-state index is 13.8. The van der Waals surface area contributed by atoms with Gasteiger partial charge in [0.1, 0.15) is 5.82 Å². The van der Waals surface area contributed by atoms with Crippen molar-refractivity contribution in [1.29, 1.82) is 0 Å². The molecule has 18 heavy (non-hydrogen) atoms. The lowest BCUT2D eigenvalue weighted by Crippen LogP contribution is -2.16. The van der Waals surface area contributed by atoms with Gasteiger partial charge in [-0.3, -0.25) is 0 Å². The third-order valence-electron chi connectivity index (χ3n) is 2.65. The van der Waals surface area contributed by atoms with Crippen molar-refractivity contribution in [1.82, 2.24) is 0 Å². The molecule has 0 aromatic heterocycles. The molecule has 4 heteroatoms. The Hall–Kier alpha value is -1.58. The second-order valence-electron chi connectivity index (χ2n) is 3.88. The van der Waals surface area contributed by atoms with E-state index in [1.165, 1.54) is 12.1 Å². The van der Waals surface area contributed by atoms with Crippen molar-refractivity contribution >= 4 is 17.3 Å². The first-order valence-corrected chi connectivity index (χ1v) is 5.96. The molecule has 0 aliphatic carbocycles. The summed E-state index contributed by atoms with van der Waals surface area (Å²) in [6.07, 6.45) is 0. The van der Waals surface area contributed by atoms with Crippen LogP contribution in [0.5, 0.6) is 0 Å². The zero-order valence-corrected chi connectivity index (χ0v) is 10.4. The first kappa shape index (κ1) is 12.9. The third-order valence-corrected chi connectivity index (χ3v) is 2.98. The summed E-state index contributed by atoms with van der Waals surface area (Å²) >= 11 is 5.98. The minimum Gasteiger partial charge on any atom is -0.394 e. The van der Waals surface area contributed by atoms with Crippen LogP contribution in [-0.4, -0.2) is 11.7 Å². The van der Waals surface area contributed by atoms with Gasteiger partial charge < -0.3 is 10.4 Å². The molecule has 0 fully saturated rings. The van der Waals surface area contributed by atoms with Crippen LogP contribution in [0.2, 0.25) is 5.02 Å². The Kier molecular flexibility index (Phi) is 4.18. The number of benzene rings is 2. The van der Waals surface area contributed by atoms with Crippen LogP contribution in [0, 0.1) is 5.82 Å². The summed E-state index contributed by atoms with van der Waals surface area (Å²) in [5, 5.41) is 12.8. The number of anilines is 1. The molecule has 0 heterocycles. The molecule has 0 radical (unpaired) electrons. The average molecular weight is 266 g/mol. The molecule has 0 spiro atoms. The molecule has 2 aromatic carbocycles. The van der Waals surface area contributed by atoms with Crippen LogP contribution >= 0.6 is 11.6 Å². The molecule has 2 nitrogen and oxygen atoms in total. The van der Waals surface area contributed by atoms with Crippen molar-refractivity contribution in [2.75, 3.05) is 11.9 Å². The Labute approximate surface area is 110 Å². The van der Waals surface area contributed by atoms with Crippen molar-refractivity contribution in [3.8, 4) is 0 Å². The van der Waals surface area contributed by atoms with E-state index in [0.717, 1.165) is 5.69 Å². The van der Waals surface area contributed by atoms with E-state index >= 15 is 0 Å². The number of halogens is 2. The summed E-state index contributed by atoms with van der Waals surface area (Å²) in [6, 6.07) is 13.2. The van der Waals surface area contributed by atoms with Gasteiger partial charge in [0.2, 0.25) is 0 Å². The zero-order valence-electron chi connectivity index (χ0n) is 9.61. The highest BCUT2D eigenvalue weighted by Gasteiger charge is 2.18. The van der Waals surface area contributed by atoms with Gasteiger partial charge in [-0.2, -0.15) is 0 Å². The Morgan fingerprint density at radius 2 is 1.83 bits per heavy atom. The topological polar surface area (TPSA) is 32.3 Å². The van der Waals surface area contributed by atoms with Crippen LogP contribution < -0.4 is 5.32 Å². The molecule has 1 atom stereocenters. The van der Waals surface area contributed by atoms with E-state index in [9.17, 15) is 9.50 Å². The maximum atomic E-state index is 13.8. The minimum atomic E-state index is -0.568. The fourth-order valence-electron chi connectivity index (χ4n) is 1.79. The van der Waals surface area contributed by atoms with Gasteiger partial charge in [-0.05, 0) is 24.3 Å². The van der Waals surface area contributed by atoms with Gasteiger partial charge in [-0.25, -0.2) is 4.39 Å². The first-order chi connectivity index (χ1) is 8.72. The zero-order chi connectivity index (χ0) is 13.0. The summed E-state index contributed by atoms with van der Waals surface area (Å²) in [4.78, 5) is 0. The molecule has 94 valence electrons. The normalized spacial score (nSPS) is 12.2. The van der Waals surface area contributed by atoms with Crippen LogP contribution in [0.1, 0.15) is 11.6 Å². The molecular weight excluding hydrogens is 253 g/mol. The van der Waals surface area contributed by atoms with Crippen molar-refractivity contribution in [3.63, 3.8) is 0 Å². The molecule has 0 saturated carbocycles. The molecule has 0 aliphatic heterocycles. The van der Waals surface area contributed by atoms with Gasteiger partial charge in [0, 0.05) is 16.3 Å². The average Bonchev–Trinajstić information content (AvgIpc) is 2.38. The minimum absolute atomic E-state index is 0.241. The second kappa shape index (κ2) is 5.85. The van der Waals surface area contributed by atoms with Crippen molar-refractivity contribution in [3.05, 3.63) is 64.9 Å². The van der Waals surface area contributed by atoms with E-state index in [1.807, 2.05) is 30.3 Å². The van der Waals surface area contributed by atoms with Crippen LogP contribution in [0.15, 0.2) is 48.5 Å². The van der Waals surface area contributed by atoms with Gasteiger partial charge >= 0.3 is 0 Å². The highest BCUT2D eigenvalue weighted by molar-refractivity contribution is 6.31. The van der Waals surface area contributed by atoms with Gasteiger partial charge in [0.15, 0.2) is 0 Å². The summed E-state index contributed by atoms with van der Waals surface area (Å²) < 4.78 is 13.8. The lowest BCUT2D eigenvalue weighted by molar-refractivity contribution is 0.274. The van der Waals surface area contributed by atoms with E-state index in [1.54, 1.807) is 6.07 Å². The number of hydrogen-bond acceptors (Lipinski definition) is 2. The molecule has 0 amide bonds. The fourth-order valence-corrected chi connectivity index (χ4v) is 2.08. The lowest BCUT2D eigenvalue weighted by Gasteiger charge is -2.19. The van der Waals surface area contributed by atoms with E-state index in [4.69, 9.17) is 11.6 Å². The molecule has 0 saturated heterocycles. The van der Waals surface area contributed by atoms with Crippen LogP contribution in [0.25, 0.3) is 0 Å². The quantitative estimate of drug-likeness (QED) is 0.885. The predicted octanol–water partition coefficient (Wildman–Crippen LogP) is 3.62. The molecule has 2 rings (SSSR count). The highest BCUT2D eigenvalue weighted by Crippen LogP contribution is 2.28.